The number of hydrogen-bond acceptors (Lipinski definition) is 6. The van der Waals surface area contributed by atoms with Crippen molar-refractivity contribution in [1.29, 1.82) is 0 Å². The summed E-state index contributed by atoms with van der Waals surface area (Å²) in [6.45, 7) is 0. The molecule has 0 N–H and O–H groups in total. The highest BCUT2D eigenvalue weighted by Crippen LogP contribution is 2.11. The van der Waals surface area contributed by atoms with E-state index in [1.807, 2.05) is 0 Å². The van der Waals surface area contributed by atoms with Gasteiger partial charge in [0.2, 0.25) is 0 Å². The maximum Gasteiger partial charge on any atom is 0.334 e. The van der Waals surface area contributed by atoms with Gasteiger partial charge in [-0.3, -0.25) is 0 Å². The summed E-state index contributed by atoms with van der Waals surface area (Å²) in [4.78, 5) is 0. The van der Waals surface area contributed by atoms with Gasteiger partial charge < -0.3 is 8.37 Å². The molecule has 2 rings (SSSR count). The van der Waals surface area contributed by atoms with Gasteiger partial charge in [-0.25, -0.2) is 8.78 Å². The van der Waals surface area contributed by atoms with E-state index >= 15 is 0 Å². The Morgan fingerprint density at radius 3 is 1.28 bits per heavy atom. The zero-order chi connectivity index (χ0) is 13.8. The molecule has 0 saturated carbocycles. The molecule has 0 aliphatic carbocycles. The Balaban J connectivity index is 0.000000180. The summed E-state index contributed by atoms with van der Waals surface area (Å²) in [5, 5.41) is 0.819. The number of allylic oxidation sites excluding steroid dienone is 4. The van der Waals surface area contributed by atoms with Gasteiger partial charge in [-0.2, -0.15) is 16.8 Å². The van der Waals surface area contributed by atoms with Crippen LogP contribution >= 0.6 is 0 Å². The summed E-state index contributed by atoms with van der Waals surface area (Å²) in [7, 11) is -7.51. The Hall–Kier alpha value is -1.68. The van der Waals surface area contributed by atoms with Crippen LogP contribution in [0.4, 0.5) is 8.78 Å². The molecule has 0 fully saturated rings. The SMILES string of the molecule is O=S1(=O)C=C(F)C=CO1.O=S1(=O)C=C(F)C=CO1. The molecule has 0 saturated heterocycles. The lowest BCUT2D eigenvalue weighted by atomic mass is 10.6. The first-order valence-electron chi connectivity index (χ1n) is 4.14. The first-order chi connectivity index (χ1) is 8.20. The van der Waals surface area contributed by atoms with Gasteiger partial charge in [0.05, 0.1) is 0 Å². The zero-order valence-electron chi connectivity index (χ0n) is 8.49. The van der Waals surface area contributed by atoms with Crippen molar-refractivity contribution in [2.75, 3.05) is 0 Å². The van der Waals surface area contributed by atoms with Gasteiger partial charge in [0.25, 0.3) is 0 Å². The summed E-state index contributed by atoms with van der Waals surface area (Å²) >= 11 is 0. The molecule has 0 unspecified atom stereocenters. The number of rotatable bonds is 0. The predicted octanol–water partition coefficient (Wildman–Crippen LogP) is 1.34. The van der Waals surface area contributed by atoms with Gasteiger partial charge in [0, 0.05) is 12.2 Å². The van der Waals surface area contributed by atoms with Gasteiger partial charge in [-0.05, 0) is 0 Å². The van der Waals surface area contributed by atoms with Crippen LogP contribution in [0.15, 0.2) is 47.1 Å². The normalized spacial score (nSPS) is 22.6. The molecule has 2 heterocycles. The lowest BCUT2D eigenvalue weighted by Crippen LogP contribution is -1.99. The molecule has 0 amide bonds. The van der Waals surface area contributed by atoms with E-state index in [0.717, 1.165) is 24.7 Å². The molecule has 10 heteroatoms. The van der Waals surface area contributed by atoms with Crippen LogP contribution < -0.4 is 0 Å². The Labute approximate surface area is 102 Å². The van der Waals surface area contributed by atoms with Crippen LogP contribution in [0, 0.1) is 0 Å². The number of halogens is 2. The highest BCUT2D eigenvalue weighted by molar-refractivity contribution is 7.90. The third kappa shape index (κ3) is 5.10. The van der Waals surface area contributed by atoms with E-state index in [9.17, 15) is 25.6 Å². The van der Waals surface area contributed by atoms with E-state index < -0.39 is 31.9 Å². The van der Waals surface area contributed by atoms with Gasteiger partial charge in [-0.15, -0.1) is 0 Å². The monoisotopic (exact) mass is 300 g/mol. The second-order valence-corrected chi connectivity index (χ2v) is 5.62. The van der Waals surface area contributed by atoms with Crippen LogP contribution in [-0.2, 0) is 28.6 Å². The van der Waals surface area contributed by atoms with E-state index in [1.54, 1.807) is 0 Å². The van der Waals surface area contributed by atoms with E-state index in [1.165, 1.54) is 0 Å². The minimum Gasteiger partial charge on any atom is -0.387 e. The van der Waals surface area contributed by atoms with Crippen LogP contribution in [0.3, 0.4) is 0 Å². The van der Waals surface area contributed by atoms with Gasteiger partial charge in [0.15, 0.2) is 0 Å². The van der Waals surface area contributed by atoms with Crippen molar-refractivity contribution in [1.82, 2.24) is 0 Å². The van der Waals surface area contributed by atoms with Crippen molar-refractivity contribution in [3.63, 3.8) is 0 Å². The molecule has 2 aliphatic heterocycles. The molecule has 18 heavy (non-hydrogen) atoms. The molecular weight excluding hydrogens is 294 g/mol. The molecule has 0 atom stereocenters. The fraction of sp³-hybridized carbons (Fsp3) is 0. The van der Waals surface area contributed by atoms with Gasteiger partial charge in [-0.1, -0.05) is 0 Å². The first-order valence-corrected chi connectivity index (χ1v) is 7.08. The zero-order valence-corrected chi connectivity index (χ0v) is 10.1. The van der Waals surface area contributed by atoms with Crippen LogP contribution in [0.1, 0.15) is 0 Å². The molecule has 6 nitrogen and oxygen atoms in total. The number of hydrogen-bond donors (Lipinski definition) is 0. The molecule has 2 aliphatic rings. The fourth-order valence-corrected chi connectivity index (χ4v) is 1.99. The summed E-state index contributed by atoms with van der Waals surface area (Å²) in [5.74, 6) is -1.64. The topological polar surface area (TPSA) is 86.7 Å². The molecule has 0 spiro atoms. The van der Waals surface area contributed by atoms with Crippen molar-refractivity contribution in [2.24, 2.45) is 0 Å². The van der Waals surface area contributed by atoms with E-state index in [-0.39, 0.29) is 0 Å². The molecule has 100 valence electrons. The summed E-state index contributed by atoms with van der Waals surface area (Å²) < 4.78 is 73.1. The quantitative estimate of drug-likeness (QED) is 0.627. The van der Waals surface area contributed by atoms with Crippen LogP contribution in [0.2, 0.25) is 0 Å². The van der Waals surface area contributed by atoms with Crippen LogP contribution in [-0.4, -0.2) is 16.8 Å². The van der Waals surface area contributed by atoms with Crippen molar-refractivity contribution in [3.05, 3.63) is 47.1 Å². The van der Waals surface area contributed by atoms with Crippen molar-refractivity contribution < 1.29 is 34.0 Å². The second kappa shape index (κ2) is 5.31. The van der Waals surface area contributed by atoms with Crippen molar-refractivity contribution in [3.8, 4) is 0 Å². The first kappa shape index (κ1) is 14.4. The van der Waals surface area contributed by atoms with Crippen LogP contribution in [0.5, 0.6) is 0 Å². The van der Waals surface area contributed by atoms with Crippen molar-refractivity contribution in [2.45, 2.75) is 0 Å². The largest absolute Gasteiger partial charge is 0.387 e. The van der Waals surface area contributed by atoms with Gasteiger partial charge >= 0.3 is 20.2 Å². The molecular formula is C8H6F2O6S2. The van der Waals surface area contributed by atoms with E-state index in [4.69, 9.17) is 0 Å². The lowest BCUT2D eigenvalue weighted by Gasteiger charge is -1.99. The van der Waals surface area contributed by atoms with E-state index in [2.05, 4.69) is 8.37 Å². The average Bonchev–Trinajstić information content (AvgIpc) is 2.13. The Morgan fingerprint density at radius 1 is 0.778 bits per heavy atom. The third-order valence-electron chi connectivity index (χ3n) is 1.35. The average molecular weight is 300 g/mol. The Morgan fingerprint density at radius 2 is 1.11 bits per heavy atom. The Bertz CT molecular complexity index is 581. The van der Waals surface area contributed by atoms with Gasteiger partial charge in [0.1, 0.15) is 35.0 Å². The lowest BCUT2D eigenvalue weighted by molar-refractivity contribution is 0.444. The molecule has 0 radical (unpaired) electrons. The second-order valence-electron chi connectivity index (χ2n) is 2.79. The van der Waals surface area contributed by atoms with Crippen LogP contribution in [0.25, 0.3) is 0 Å². The standard InChI is InChI=1S/2C4H3FO3S/c2*5-4-1-2-8-9(6,7)3-4/h2*1-3H. The molecule has 0 aromatic heterocycles. The maximum atomic E-state index is 12.0. The predicted molar refractivity (Wildman–Crippen MR) is 56.7 cm³/mol. The third-order valence-corrected chi connectivity index (χ3v) is 3.13. The molecule has 0 aromatic rings. The summed E-state index contributed by atoms with van der Waals surface area (Å²) in [6, 6.07) is 0. The maximum absolute atomic E-state index is 12.0. The van der Waals surface area contributed by atoms with Crippen molar-refractivity contribution >= 4 is 20.2 Å². The summed E-state index contributed by atoms with van der Waals surface area (Å²) in [6.07, 6.45) is 3.40. The molecule has 0 bridgehead atoms. The minimum atomic E-state index is -3.76. The molecule has 0 aromatic carbocycles. The van der Waals surface area contributed by atoms with E-state index in [0.29, 0.717) is 10.8 Å². The smallest absolute Gasteiger partial charge is 0.334 e. The Kier molecular flexibility index (Phi) is 4.24. The summed E-state index contributed by atoms with van der Waals surface area (Å²) in [5.41, 5.74) is 0. The highest BCUT2D eigenvalue weighted by Gasteiger charge is 2.11. The minimum absolute atomic E-state index is 0.410. The highest BCUT2D eigenvalue weighted by atomic mass is 32.2. The fourth-order valence-electron chi connectivity index (χ4n) is 0.750.